The molecule has 0 radical (unpaired) electrons. The fourth-order valence-electron chi connectivity index (χ4n) is 2.63. The summed E-state index contributed by atoms with van der Waals surface area (Å²) < 4.78 is 12.9. The average Bonchev–Trinajstić information content (AvgIpc) is 2.67. The van der Waals surface area contributed by atoms with Gasteiger partial charge in [-0.25, -0.2) is 9.37 Å². The highest BCUT2D eigenvalue weighted by Gasteiger charge is 2.26. The number of nitro groups is 1. The summed E-state index contributed by atoms with van der Waals surface area (Å²) in [5, 5.41) is 11.1. The average molecular weight is 354 g/mol. The molecule has 1 aliphatic rings. The van der Waals surface area contributed by atoms with Crippen LogP contribution >= 0.6 is 0 Å². The van der Waals surface area contributed by atoms with Crippen LogP contribution in [0.25, 0.3) is 0 Å². The second-order valence-corrected chi connectivity index (χ2v) is 5.64. The van der Waals surface area contributed by atoms with Gasteiger partial charge in [-0.3, -0.25) is 14.9 Å². The van der Waals surface area contributed by atoms with Crippen molar-refractivity contribution in [3.63, 3.8) is 0 Å². The summed E-state index contributed by atoms with van der Waals surface area (Å²) in [7, 11) is 0. The van der Waals surface area contributed by atoms with Gasteiger partial charge < -0.3 is 9.80 Å². The van der Waals surface area contributed by atoms with E-state index in [4.69, 9.17) is 0 Å². The Hall–Kier alpha value is -3.47. The van der Waals surface area contributed by atoms with Gasteiger partial charge >= 0.3 is 5.69 Å². The molecule has 0 unspecified atom stereocenters. The molecule has 3 rings (SSSR count). The van der Waals surface area contributed by atoms with Gasteiger partial charge in [-0.2, -0.15) is 0 Å². The number of amides is 1. The molecule has 132 valence electrons. The van der Waals surface area contributed by atoms with Crippen LogP contribution in [0.1, 0.15) is 5.56 Å². The van der Waals surface area contributed by atoms with E-state index in [9.17, 15) is 19.3 Å². The van der Waals surface area contributed by atoms with E-state index in [1.54, 1.807) is 9.80 Å². The smallest absolute Gasteiger partial charge is 0.311 e. The topological polar surface area (TPSA) is 79.6 Å². The predicted molar refractivity (Wildman–Crippen MR) is 93.0 cm³/mol. The molecule has 7 nitrogen and oxygen atoms in total. The van der Waals surface area contributed by atoms with Gasteiger partial charge in [0.05, 0.1) is 4.92 Å². The summed E-state index contributed by atoms with van der Waals surface area (Å²) in [5.41, 5.74) is 0.505. The number of hydrogen-bond donors (Lipinski definition) is 0. The van der Waals surface area contributed by atoms with E-state index in [0.29, 0.717) is 37.6 Å². The van der Waals surface area contributed by atoms with E-state index < -0.39 is 4.92 Å². The normalized spacial score (nSPS) is 13.7. The highest BCUT2D eigenvalue weighted by Crippen LogP contribution is 2.25. The molecule has 1 aromatic carbocycles. The predicted octanol–water partition coefficient (Wildman–Crippen LogP) is 1.83. The maximum Gasteiger partial charge on any atom is 0.311 e. The van der Waals surface area contributed by atoms with Gasteiger partial charge in [0.25, 0.3) is 5.91 Å². The van der Waals surface area contributed by atoms with Crippen molar-refractivity contribution in [2.45, 2.75) is 0 Å². The van der Waals surface area contributed by atoms with Crippen molar-refractivity contribution in [2.24, 2.45) is 0 Å². The lowest BCUT2D eigenvalue weighted by Gasteiger charge is -2.34. The fourth-order valence-corrected chi connectivity index (χ4v) is 2.63. The van der Waals surface area contributed by atoms with Gasteiger partial charge in [-0.05, 0) is 30.3 Å². The Morgan fingerprint density at radius 3 is 2.50 bits per heavy atom. The number of pyridine rings is 1. The second-order valence-electron chi connectivity index (χ2n) is 5.64. The number of carbonyl (C=O) groups excluding carboxylic acids is 1. The number of piperazine rings is 1. The van der Waals surface area contributed by atoms with Crippen LogP contribution < -0.4 is 4.90 Å². The summed E-state index contributed by atoms with van der Waals surface area (Å²) in [6, 6.07) is 8.52. The Bertz CT molecular complexity index is 881. The van der Waals surface area contributed by atoms with Gasteiger partial charge in [-0.15, -0.1) is 0 Å². The molecule has 0 saturated carbocycles. The lowest BCUT2D eigenvalue weighted by Crippen LogP contribution is -2.48. The molecule has 0 aliphatic carbocycles. The first-order chi connectivity index (χ1) is 12.5. The number of anilines is 1. The largest absolute Gasteiger partial charge is 0.347 e. The molecule has 2 aromatic rings. The van der Waals surface area contributed by atoms with Crippen molar-refractivity contribution in [3.05, 3.63) is 64.1 Å². The van der Waals surface area contributed by atoms with Crippen molar-refractivity contribution in [1.82, 2.24) is 9.88 Å². The Morgan fingerprint density at radius 1 is 1.15 bits per heavy atom. The standard InChI is InChI=1S/C18H15FN4O3/c19-15-6-3-14(4-7-15)5-8-17(24)21-10-12-22(13-11-21)18-16(23(25)26)2-1-9-20-18/h1-4,6-7,9H,10-13H2. The first-order valence-electron chi connectivity index (χ1n) is 7.95. The van der Waals surface area contributed by atoms with E-state index in [1.165, 1.54) is 42.6 Å². The third-order valence-electron chi connectivity index (χ3n) is 3.99. The summed E-state index contributed by atoms with van der Waals surface area (Å²) in [5.74, 6) is 4.88. The zero-order chi connectivity index (χ0) is 18.5. The molecule has 1 aliphatic heterocycles. The molecule has 2 heterocycles. The maximum absolute atomic E-state index is 12.9. The summed E-state index contributed by atoms with van der Waals surface area (Å²) in [6.07, 6.45) is 1.51. The Kier molecular flexibility index (Phi) is 5.08. The van der Waals surface area contributed by atoms with Crippen molar-refractivity contribution >= 4 is 17.4 Å². The van der Waals surface area contributed by atoms with Crippen LogP contribution in [0, 0.1) is 27.8 Å². The Balaban J connectivity index is 1.63. The van der Waals surface area contributed by atoms with E-state index in [0.717, 1.165) is 0 Å². The minimum absolute atomic E-state index is 0.0524. The number of rotatable bonds is 2. The van der Waals surface area contributed by atoms with Gasteiger partial charge in [0.2, 0.25) is 5.82 Å². The number of hydrogen-bond acceptors (Lipinski definition) is 5. The van der Waals surface area contributed by atoms with E-state index in [-0.39, 0.29) is 17.4 Å². The summed E-state index contributed by atoms with van der Waals surface area (Å²) >= 11 is 0. The van der Waals surface area contributed by atoms with E-state index >= 15 is 0 Å². The highest BCUT2D eigenvalue weighted by atomic mass is 19.1. The van der Waals surface area contributed by atoms with E-state index in [1.807, 2.05) is 0 Å². The van der Waals surface area contributed by atoms with Gasteiger partial charge in [-0.1, -0.05) is 5.92 Å². The Labute approximate surface area is 149 Å². The molecule has 1 fully saturated rings. The molecular formula is C18H15FN4O3. The van der Waals surface area contributed by atoms with E-state index in [2.05, 4.69) is 16.8 Å². The van der Waals surface area contributed by atoms with Gasteiger partial charge in [0.15, 0.2) is 0 Å². The third kappa shape index (κ3) is 3.95. The van der Waals surface area contributed by atoms with Crippen molar-refractivity contribution < 1.29 is 14.1 Å². The quantitative estimate of drug-likeness (QED) is 0.467. The SMILES string of the molecule is O=C(C#Cc1ccc(F)cc1)N1CCN(c2ncccc2[N+](=O)[O-])CC1. The van der Waals surface area contributed by atoms with Crippen molar-refractivity contribution in [2.75, 3.05) is 31.1 Å². The molecule has 1 aromatic heterocycles. The highest BCUT2D eigenvalue weighted by molar-refractivity contribution is 5.94. The minimum Gasteiger partial charge on any atom is -0.347 e. The summed E-state index contributed by atoms with van der Waals surface area (Å²) in [6.45, 7) is 1.65. The monoisotopic (exact) mass is 354 g/mol. The van der Waals surface area contributed by atoms with Crippen LogP contribution in [0.15, 0.2) is 42.6 Å². The number of benzene rings is 1. The lowest BCUT2D eigenvalue weighted by molar-refractivity contribution is -0.384. The number of carbonyl (C=O) groups is 1. The molecule has 0 spiro atoms. The molecular weight excluding hydrogens is 339 g/mol. The Morgan fingerprint density at radius 2 is 1.85 bits per heavy atom. The molecule has 1 amide bonds. The van der Waals surface area contributed by atoms with Crippen molar-refractivity contribution in [1.29, 1.82) is 0 Å². The maximum atomic E-state index is 12.9. The van der Waals surface area contributed by atoms with Crippen LogP contribution in [-0.2, 0) is 4.79 Å². The number of nitrogens with zero attached hydrogens (tertiary/aromatic N) is 4. The fraction of sp³-hybridized carbons (Fsp3) is 0.222. The first kappa shape index (κ1) is 17.4. The van der Waals surface area contributed by atoms with Crippen molar-refractivity contribution in [3.8, 4) is 11.8 Å². The third-order valence-corrected chi connectivity index (χ3v) is 3.99. The second kappa shape index (κ2) is 7.61. The van der Waals surface area contributed by atoms with Crippen LogP contribution in [0.4, 0.5) is 15.9 Å². The molecule has 0 bridgehead atoms. The van der Waals surface area contributed by atoms with Crippen LogP contribution in [0.5, 0.6) is 0 Å². The summed E-state index contributed by atoms with van der Waals surface area (Å²) in [4.78, 5) is 30.3. The first-order valence-corrected chi connectivity index (χ1v) is 7.95. The van der Waals surface area contributed by atoms with Crippen LogP contribution in [0.3, 0.4) is 0 Å². The molecule has 0 N–H and O–H groups in total. The lowest BCUT2D eigenvalue weighted by atomic mass is 10.2. The molecule has 1 saturated heterocycles. The molecule has 26 heavy (non-hydrogen) atoms. The zero-order valence-electron chi connectivity index (χ0n) is 13.8. The number of halogens is 1. The van der Waals surface area contributed by atoms with Gasteiger partial charge in [0, 0.05) is 49.9 Å². The van der Waals surface area contributed by atoms with Crippen LogP contribution in [0.2, 0.25) is 0 Å². The number of aromatic nitrogens is 1. The van der Waals surface area contributed by atoms with Crippen LogP contribution in [-0.4, -0.2) is 46.9 Å². The zero-order valence-corrected chi connectivity index (χ0v) is 13.8. The molecule has 0 atom stereocenters. The van der Waals surface area contributed by atoms with Gasteiger partial charge in [0.1, 0.15) is 5.82 Å². The minimum atomic E-state index is -0.464. The molecule has 8 heteroatoms.